The van der Waals surface area contributed by atoms with Crippen LogP contribution in [0.3, 0.4) is 0 Å². The number of benzene rings is 1. The molecule has 1 amide bonds. The Bertz CT molecular complexity index is 900. The van der Waals surface area contributed by atoms with Crippen LogP contribution in [0.5, 0.6) is 0 Å². The van der Waals surface area contributed by atoms with Gasteiger partial charge < -0.3 is 5.32 Å². The molecule has 5 nitrogen and oxygen atoms in total. The van der Waals surface area contributed by atoms with Gasteiger partial charge in [0.05, 0.1) is 23.5 Å². The third kappa shape index (κ3) is 3.25. The zero-order valence-electron chi connectivity index (χ0n) is 14.9. The van der Waals surface area contributed by atoms with Crippen molar-refractivity contribution in [1.29, 1.82) is 0 Å². The summed E-state index contributed by atoms with van der Waals surface area (Å²) in [6.07, 6.45) is 8.35. The van der Waals surface area contributed by atoms with Crippen molar-refractivity contribution in [2.75, 3.05) is 0 Å². The number of carbonyl (C=O) groups is 1. The van der Waals surface area contributed by atoms with Crippen molar-refractivity contribution >= 4 is 5.91 Å². The van der Waals surface area contributed by atoms with E-state index >= 15 is 0 Å². The summed E-state index contributed by atoms with van der Waals surface area (Å²) >= 11 is 0. The smallest absolute Gasteiger partial charge is 0.255 e. The Morgan fingerprint density at radius 2 is 1.81 bits per heavy atom. The highest BCUT2D eigenvalue weighted by Gasteiger charge is 2.23. The van der Waals surface area contributed by atoms with Crippen LogP contribution in [0.25, 0.3) is 0 Å². The van der Waals surface area contributed by atoms with E-state index in [0.717, 1.165) is 42.6 Å². The molecule has 0 unspecified atom stereocenters. The van der Waals surface area contributed by atoms with E-state index in [-0.39, 0.29) is 11.9 Å². The van der Waals surface area contributed by atoms with Crippen molar-refractivity contribution in [2.24, 2.45) is 0 Å². The molecule has 26 heavy (non-hydrogen) atoms. The molecule has 1 aliphatic heterocycles. The lowest BCUT2D eigenvalue weighted by Crippen LogP contribution is -2.30. The van der Waals surface area contributed by atoms with Gasteiger partial charge in [0.2, 0.25) is 0 Å². The Morgan fingerprint density at radius 3 is 2.58 bits per heavy atom. The van der Waals surface area contributed by atoms with Crippen LogP contribution in [0.15, 0.2) is 55.0 Å². The summed E-state index contributed by atoms with van der Waals surface area (Å²) in [6, 6.07) is 11.9. The topological polar surface area (TPSA) is 59.8 Å². The summed E-state index contributed by atoms with van der Waals surface area (Å²) in [5.41, 5.74) is 5.00. The SMILES string of the molecule is Cc1ccc([C@H](NC(=O)c2cnn3c2CCCC3)c2ccncc2)cc1. The number of carbonyl (C=O) groups excluding carboxylic acids is 1. The number of rotatable bonds is 4. The van der Waals surface area contributed by atoms with E-state index in [9.17, 15) is 4.79 Å². The van der Waals surface area contributed by atoms with Gasteiger partial charge in [0.15, 0.2) is 0 Å². The average Bonchev–Trinajstić information content (AvgIpc) is 3.12. The van der Waals surface area contributed by atoms with Crippen molar-refractivity contribution < 1.29 is 4.79 Å². The Hall–Kier alpha value is -2.95. The van der Waals surface area contributed by atoms with Gasteiger partial charge in [-0.25, -0.2) is 0 Å². The molecule has 1 N–H and O–H groups in total. The summed E-state index contributed by atoms with van der Waals surface area (Å²) < 4.78 is 1.96. The predicted molar refractivity (Wildman–Crippen MR) is 99.9 cm³/mol. The highest BCUT2D eigenvalue weighted by molar-refractivity contribution is 5.95. The number of fused-ring (bicyclic) bond motifs is 1. The van der Waals surface area contributed by atoms with Gasteiger partial charge in [0.25, 0.3) is 5.91 Å². The summed E-state index contributed by atoms with van der Waals surface area (Å²) in [5, 5.41) is 7.59. The number of pyridine rings is 1. The van der Waals surface area contributed by atoms with Crippen LogP contribution in [0.4, 0.5) is 0 Å². The Morgan fingerprint density at radius 1 is 1.08 bits per heavy atom. The highest BCUT2D eigenvalue weighted by atomic mass is 16.1. The minimum absolute atomic E-state index is 0.0736. The Kier molecular flexibility index (Phi) is 4.52. The van der Waals surface area contributed by atoms with Crippen LogP contribution >= 0.6 is 0 Å². The first-order valence-corrected chi connectivity index (χ1v) is 9.04. The number of aryl methyl sites for hydroxylation is 2. The summed E-state index contributed by atoms with van der Waals surface area (Å²) in [7, 11) is 0. The second-order valence-corrected chi connectivity index (χ2v) is 6.78. The first kappa shape index (κ1) is 16.5. The third-order valence-corrected chi connectivity index (χ3v) is 4.95. The lowest BCUT2D eigenvalue weighted by molar-refractivity contribution is 0.0941. The van der Waals surface area contributed by atoms with Gasteiger partial charge in [-0.05, 0) is 49.4 Å². The van der Waals surface area contributed by atoms with Gasteiger partial charge in [0, 0.05) is 18.9 Å². The number of amides is 1. The normalized spacial score (nSPS) is 14.5. The van der Waals surface area contributed by atoms with Crippen LogP contribution in [0.2, 0.25) is 0 Å². The van der Waals surface area contributed by atoms with E-state index in [4.69, 9.17) is 0 Å². The summed E-state index contributed by atoms with van der Waals surface area (Å²) in [5.74, 6) is -0.0736. The fourth-order valence-corrected chi connectivity index (χ4v) is 3.49. The largest absolute Gasteiger partial charge is 0.341 e. The molecular weight excluding hydrogens is 324 g/mol. The fourth-order valence-electron chi connectivity index (χ4n) is 3.49. The molecule has 3 aromatic rings. The zero-order valence-corrected chi connectivity index (χ0v) is 14.9. The van der Waals surface area contributed by atoms with Crippen molar-refractivity contribution in [1.82, 2.24) is 20.1 Å². The van der Waals surface area contributed by atoms with Crippen LogP contribution in [0, 0.1) is 6.92 Å². The Labute approximate surface area is 153 Å². The van der Waals surface area contributed by atoms with E-state index in [1.165, 1.54) is 5.56 Å². The standard InChI is InChI=1S/C21H22N4O/c1-15-5-7-16(8-6-15)20(17-9-11-22-12-10-17)24-21(26)18-14-23-25-13-3-2-4-19(18)25/h5-12,14,20H,2-4,13H2,1H3,(H,24,26)/t20-/m0/s1. The van der Waals surface area contributed by atoms with Gasteiger partial charge >= 0.3 is 0 Å². The van der Waals surface area contributed by atoms with Crippen molar-refractivity contribution in [3.05, 3.63) is 82.9 Å². The Balaban J connectivity index is 1.65. The first-order chi connectivity index (χ1) is 12.7. The van der Waals surface area contributed by atoms with Crippen LogP contribution in [-0.4, -0.2) is 20.7 Å². The number of nitrogens with one attached hydrogen (secondary N) is 1. The lowest BCUT2D eigenvalue weighted by atomic mass is 9.98. The molecule has 0 saturated carbocycles. The second kappa shape index (κ2) is 7.12. The van der Waals surface area contributed by atoms with Crippen LogP contribution < -0.4 is 5.32 Å². The molecular formula is C21H22N4O. The quantitative estimate of drug-likeness (QED) is 0.787. The highest BCUT2D eigenvalue weighted by Crippen LogP contribution is 2.24. The number of aromatic nitrogens is 3. The summed E-state index contributed by atoms with van der Waals surface area (Å²) in [4.78, 5) is 17.1. The molecule has 5 heteroatoms. The van der Waals surface area contributed by atoms with E-state index in [1.54, 1.807) is 18.6 Å². The molecule has 0 radical (unpaired) electrons. The van der Waals surface area contributed by atoms with Gasteiger partial charge in [0.1, 0.15) is 0 Å². The molecule has 0 spiro atoms. The minimum atomic E-state index is -0.217. The van der Waals surface area contributed by atoms with E-state index in [1.807, 2.05) is 16.8 Å². The van der Waals surface area contributed by atoms with E-state index in [2.05, 4.69) is 46.6 Å². The zero-order chi connectivity index (χ0) is 17.9. The molecule has 0 bridgehead atoms. The number of nitrogens with zero attached hydrogens (tertiary/aromatic N) is 3. The van der Waals surface area contributed by atoms with E-state index in [0.29, 0.717) is 5.56 Å². The third-order valence-electron chi connectivity index (χ3n) is 4.95. The molecule has 1 atom stereocenters. The molecule has 4 rings (SSSR count). The molecule has 0 saturated heterocycles. The maximum absolute atomic E-state index is 13.0. The molecule has 1 aliphatic rings. The molecule has 3 heterocycles. The van der Waals surface area contributed by atoms with Gasteiger partial charge in [-0.1, -0.05) is 29.8 Å². The van der Waals surface area contributed by atoms with Crippen molar-refractivity contribution in [2.45, 2.75) is 38.8 Å². The lowest BCUT2D eigenvalue weighted by Gasteiger charge is -2.21. The number of hydrogen-bond acceptors (Lipinski definition) is 3. The monoisotopic (exact) mass is 346 g/mol. The van der Waals surface area contributed by atoms with Gasteiger partial charge in [-0.2, -0.15) is 5.10 Å². The molecule has 0 aliphatic carbocycles. The summed E-state index contributed by atoms with van der Waals surface area (Å²) in [6.45, 7) is 2.96. The average molecular weight is 346 g/mol. The van der Waals surface area contributed by atoms with Crippen molar-refractivity contribution in [3.8, 4) is 0 Å². The van der Waals surface area contributed by atoms with E-state index < -0.39 is 0 Å². The van der Waals surface area contributed by atoms with Crippen LogP contribution in [-0.2, 0) is 13.0 Å². The maximum atomic E-state index is 13.0. The fraction of sp³-hybridized carbons (Fsp3) is 0.286. The maximum Gasteiger partial charge on any atom is 0.255 e. The predicted octanol–water partition coefficient (Wildman–Crippen LogP) is 3.44. The van der Waals surface area contributed by atoms with Gasteiger partial charge in [-0.3, -0.25) is 14.5 Å². The van der Waals surface area contributed by atoms with Crippen molar-refractivity contribution in [3.63, 3.8) is 0 Å². The van der Waals surface area contributed by atoms with Gasteiger partial charge in [-0.15, -0.1) is 0 Å². The number of hydrogen-bond donors (Lipinski definition) is 1. The molecule has 1 aromatic carbocycles. The molecule has 2 aromatic heterocycles. The first-order valence-electron chi connectivity index (χ1n) is 9.04. The molecule has 132 valence electrons. The van der Waals surface area contributed by atoms with Crippen LogP contribution in [0.1, 0.15) is 51.6 Å². The molecule has 0 fully saturated rings. The minimum Gasteiger partial charge on any atom is -0.341 e. The second-order valence-electron chi connectivity index (χ2n) is 6.78.